The maximum absolute atomic E-state index is 12.7. The van der Waals surface area contributed by atoms with Crippen LogP contribution in [0.15, 0.2) is 62.9 Å². The Morgan fingerprint density at radius 1 is 1.14 bits per heavy atom. The normalized spacial score (nSPS) is 11.9. The number of fused-ring (bicyclic) bond motifs is 1. The minimum Gasteiger partial charge on any atom is -0.392 e. The zero-order valence-electron chi connectivity index (χ0n) is 10.9. The SMILES string of the molecule is O=S(=O)(c1ccc2[nH]cc(CO)c2c1)c1ccccc1Br. The highest BCUT2D eigenvalue weighted by molar-refractivity contribution is 9.10. The molecule has 2 aromatic carbocycles. The lowest BCUT2D eigenvalue weighted by Crippen LogP contribution is -2.02. The van der Waals surface area contributed by atoms with Gasteiger partial charge in [0, 0.05) is 27.1 Å². The number of hydrogen-bond acceptors (Lipinski definition) is 3. The van der Waals surface area contributed by atoms with Crippen molar-refractivity contribution in [3.8, 4) is 0 Å². The highest BCUT2D eigenvalue weighted by Gasteiger charge is 2.21. The molecule has 0 atom stereocenters. The van der Waals surface area contributed by atoms with Crippen molar-refractivity contribution in [3.63, 3.8) is 0 Å². The minimum atomic E-state index is -3.61. The Morgan fingerprint density at radius 2 is 1.90 bits per heavy atom. The van der Waals surface area contributed by atoms with Gasteiger partial charge in [0.05, 0.1) is 16.4 Å². The molecule has 0 aliphatic carbocycles. The molecule has 4 nitrogen and oxygen atoms in total. The molecule has 1 aromatic heterocycles. The van der Waals surface area contributed by atoms with Crippen LogP contribution < -0.4 is 0 Å². The second-order valence-corrected chi connectivity index (χ2v) is 7.39. The van der Waals surface area contributed by atoms with E-state index < -0.39 is 9.84 Å². The fraction of sp³-hybridized carbons (Fsp3) is 0.0667. The first-order valence-electron chi connectivity index (χ1n) is 6.24. The Morgan fingerprint density at radius 3 is 2.62 bits per heavy atom. The van der Waals surface area contributed by atoms with Crippen LogP contribution in [-0.2, 0) is 16.4 Å². The van der Waals surface area contributed by atoms with E-state index in [1.807, 2.05) is 0 Å². The third-order valence-corrected chi connectivity index (χ3v) is 6.11. The summed E-state index contributed by atoms with van der Waals surface area (Å²) < 4.78 is 26.0. The highest BCUT2D eigenvalue weighted by atomic mass is 79.9. The molecule has 0 aliphatic heterocycles. The number of H-pyrrole nitrogens is 1. The average Bonchev–Trinajstić information content (AvgIpc) is 2.89. The molecule has 1 heterocycles. The molecule has 21 heavy (non-hydrogen) atoms. The predicted octanol–water partition coefficient (Wildman–Crippen LogP) is 3.26. The van der Waals surface area contributed by atoms with Crippen molar-refractivity contribution in [1.82, 2.24) is 4.98 Å². The Labute approximate surface area is 130 Å². The van der Waals surface area contributed by atoms with Gasteiger partial charge in [-0.15, -0.1) is 0 Å². The Kier molecular flexibility index (Phi) is 3.61. The molecule has 0 bridgehead atoms. The summed E-state index contributed by atoms with van der Waals surface area (Å²) in [5.74, 6) is 0. The van der Waals surface area contributed by atoms with Crippen molar-refractivity contribution in [2.24, 2.45) is 0 Å². The van der Waals surface area contributed by atoms with E-state index in [0.717, 1.165) is 5.52 Å². The summed E-state index contributed by atoms with van der Waals surface area (Å²) in [6.45, 7) is -0.140. The van der Waals surface area contributed by atoms with Gasteiger partial charge in [-0.25, -0.2) is 8.42 Å². The molecule has 0 aliphatic rings. The number of rotatable bonds is 3. The van der Waals surface area contributed by atoms with Crippen molar-refractivity contribution >= 4 is 36.7 Å². The summed E-state index contributed by atoms with van der Waals surface area (Å²) in [4.78, 5) is 3.44. The summed E-state index contributed by atoms with van der Waals surface area (Å²) in [5, 5.41) is 10.0. The maximum Gasteiger partial charge on any atom is 0.207 e. The summed E-state index contributed by atoms with van der Waals surface area (Å²) in [6.07, 6.45) is 1.68. The monoisotopic (exact) mass is 365 g/mol. The first-order valence-corrected chi connectivity index (χ1v) is 8.52. The van der Waals surface area contributed by atoms with Gasteiger partial charge in [0.2, 0.25) is 9.84 Å². The van der Waals surface area contributed by atoms with Crippen LogP contribution in [0.3, 0.4) is 0 Å². The van der Waals surface area contributed by atoms with Gasteiger partial charge in [0.1, 0.15) is 0 Å². The Balaban J connectivity index is 2.22. The van der Waals surface area contributed by atoms with Crippen molar-refractivity contribution in [2.75, 3.05) is 0 Å². The van der Waals surface area contributed by atoms with Gasteiger partial charge < -0.3 is 10.1 Å². The fourth-order valence-corrected chi connectivity index (χ4v) is 4.53. The number of nitrogens with one attached hydrogen (secondary N) is 1. The van der Waals surface area contributed by atoms with Crippen molar-refractivity contribution in [2.45, 2.75) is 16.4 Å². The van der Waals surface area contributed by atoms with Crippen molar-refractivity contribution in [1.29, 1.82) is 0 Å². The molecular weight excluding hydrogens is 354 g/mol. The molecule has 0 amide bonds. The van der Waals surface area contributed by atoms with E-state index >= 15 is 0 Å². The molecule has 0 radical (unpaired) electrons. The van der Waals surface area contributed by atoms with Gasteiger partial charge in [0.15, 0.2) is 0 Å². The second-order valence-electron chi connectivity index (χ2n) is 4.61. The summed E-state index contributed by atoms with van der Waals surface area (Å²) in [7, 11) is -3.61. The van der Waals surface area contributed by atoms with E-state index in [1.54, 1.807) is 48.7 Å². The third-order valence-electron chi connectivity index (χ3n) is 3.35. The first-order chi connectivity index (χ1) is 10.0. The van der Waals surface area contributed by atoms with Crippen LogP contribution in [0.5, 0.6) is 0 Å². The minimum absolute atomic E-state index is 0.140. The number of sulfone groups is 1. The zero-order chi connectivity index (χ0) is 15.0. The second kappa shape index (κ2) is 5.29. The van der Waals surface area contributed by atoms with E-state index in [9.17, 15) is 13.5 Å². The molecular formula is C15H12BrNO3S. The number of benzene rings is 2. The van der Waals surface area contributed by atoms with Crippen LogP contribution >= 0.6 is 15.9 Å². The van der Waals surface area contributed by atoms with Crippen LogP contribution in [-0.4, -0.2) is 18.5 Å². The fourth-order valence-electron chi connectivity index (χ4n) is 2.25. The average molecular weight is 366 g/mol. The molecule has 0 saturated heterocycles. The van der Waals surface area contributed by atoms with E-state index in [-0.39, 0.29) is 16.4 Å². The van der Waals surface area contributed by atoms with Gasteiger partial charge in [-0.05, 0) is 46.3 Å². The highest BCUT2D eigenvalue weighted by Crippen LogP contribution is 2.30. The van der Waals surface area contributed by atoms with Crippen LogP contribution in [0.2, 0.25) is 0 Å². The standard InChI is InChI=1S/C15H12BrNO3S/c16-13-3-1-2-4-15(13)21(19,20)11-5-6-14-12(7-11)10(9-18)8-17-14/h1-8,17-18H,9H2. The number of aromatic nitrogens is 1. The third kappa shape index (κ3) is 2.39. The Bertz CT molecular complexity index is 916. The summed E-state index contributed by atoms with van der Waals surface area (Å²) in [6, 6.07) is 11.6. The topological polar surface area (TPSA) is 70.2 Å². The van der Waals surface area contributed by atoms with Crippen LogP contribution in [0.25, 0.3) is 10.9 Å². The number of aromatic amines is 1. The lowest BCUT2D eigenvalue weighted by atomic mass is 10.2. The molecule has 108 valence electrons. The molecule has 0 unspecified atom stereocenters. The summed E-state index contributed by atoms with van der Waals surface area (Å²) >= 11 is 3.27. The molecule has 6 heteroatoms. The smallest absolute Gasteiger partial charge is 0.207 e. The number of aliphatic hydroxyl groups is 1. The summed E-state index contributed by atoms with van der Waals surface area (Å²) in [5.41, 5.74) is 1.47. The van der Waals surface area contributed by atoms with Crippen molar-refractivity contribution in [3.05, 3.63) is 58.7 Å². The lowest BCUT2D eigenvalue weighted by molar-refractivity contribution is 0.283. The Hall–Kier alpha value is -1.63. The maximum atomic E-state index is 12.7. The molecule has 0 fully saturated rings. The van der Waals surface area contributed by atoms with Crippen molar-refractivity contribution < 1.29 is 13.5 Å². The van der Waals surface area contributed by atoms with Crippen LogP contribution in [0.4, 0.5) is 0 Å². The van der Waals surface area contributed by atoms with Crippen LogP contribution in [0.1, 0.15) is 5.56 Å². The first kappa shape index (κ1) is 14.3. The van der Waals surface area contributed by atoms with E-state index in [1.165, 1.54) is 0 Å². The molecule has 0 spiro atoms. The van der Waals surface area contributed by atoms with Gasteiger partial charge in [-0.3, -0.25) is 0 Å². The van der Waals surface area contributed by atoms with E-state index in [4.69, 9.17) is 0 Å². The van der Waals surface area contributed by atoms with E-state index in [2.05, 4.69) is 20.9 Å². The molecule has 3 aromatic rings. The molecule has 2 N–H and O–H groups in total. The van der Waals surface area contributed by atoms with Gasteiger partial charge in [0.25, 0.3) is 0 Å². The van der Waals surface area contributed by atoms with E-state index in [0.29, 0.717) is 15.4 Å². The quantitative estimate of drug-likeness (QED) is 0.748. The predicted molar refractivity (Wildman–Crippen MR) is 83.8 cm³/mol. The van der Waals surface area contributed by atoms with Gasteiger partial charge in [-0.1, -0.05) is 12.1 Å². The van der Waals surface area contributed by atoms with Crippen LogP contribution in [0, 0.1) is 0 Å². The van der Waals surface area contributed by atoms with Gasteiger partial charge >= 0.3 is 0 Å². The molecule has 0 saturated carbocycles. The lowest BCUT2D eigenvalue weighted by Gasteiger charge is -2.07. The zero-order valence-corrected chi connectivity index (χ0v) is 13.3. The number of hydrogen-bond donors (Lipinski definition) is 2. The molecule has 3 rings (SSSR count). The van der Waals surface area contributed by atoms with Gasteiger partial charge in [-0.2, -0.15) is 0 Å². The number of aliphatic hydroxyl groups excluding tert-OH is 1. The largest absolute Gasteiger partial charge is 0.392 e. The number of halogens is 1.